The zero-order valence-electron chi connectivity index (χ0n) is 17.2. The van der Waals surface area contributed by atoms with Crippen molar-refractivity contribution in [2.45, 2.75) is 32.8 Å². The van der Waals surface area contributed by atoms with Gasteiger partial charge in [0.1, 0.15) is 17.2 Å². The lowest BCUT2D eigenvalue weighted by Gasteiger charge is -2.21. The van der Waals surface area contributed by atoms with Crippen molar-refractivity contribution < 1.29 is 9.13 Å². The van der Waals surface area contributed by atoms with Crippen molar-refractivity contribution >= 4 is 5.70 Å². The van der Waals surface area contributed by atoms with Gasteiger partial charge in [0.15, 0.2) is 0 Å². The fraction of sp³-hybridized carbons (Fsp3) is 0.200. The highest BCUT2D eigenvalue weighted by atomic mass is 19.1. The second-order valence-electron chi connectivity index (χ2n) is 8.04. The third kappa shape index (κ3) is 5.85. The average Bonchev–Trinajstić information content (AvgIpc) is 2.63. The molecule has 0 spiro atoms. The highest BCUT2D eigenvalue weighted by Gasteiger charge is 2.13. The first-order valence-corrected chi connectivity index (χ1v) is 9.56. The fourth-order valence-corrected chi connectivity index (χ4v) is 3.07. The van der Waals surface area contributed by atoms with E-state index in [0.29, 0.717) is 12.1 Å². The molecule has 3 rings (SSSR count). The standard InChI is InChI=1S/C25H27FN2O/c1-17-14-22(12-13-27-17)28-18(2)24-16-21(26)9-8-20(24)15-19-6-10-23(11-7-19)29-25(3,4)5/h6-14,16,27-28H,1-2,15H2,3-5H3. The molecule has 1 aliphatic heterocycles. The largest absolute Gasteiger partial charge is 0.488 e. The Morgan fingerprint density at radius 2 is 1.86 bits per heavy atom. The monoisotopic (exact) mass is 390 g/mol. The summed E-state index contributed by atoms with van der Waals surface area (Å²) in [5.41, 5.74) is 4.87. The van der Waals surface area contributed by atoms with Gasteiger partial charge in [-0.25, -0.2) is 4.39 Å². The van der Waals surface area contributed by atoms with Crippen LogP contribution >= 0.6 is 0 Å². The number of ether oxygens (including phenoxy) is 1. The molecule has 0 aliphatic carbocycles. The predicted octanol–water partition coefficient (Wildman–Crippen LogP) is 5.67. The van der Waals surface area contributed by atoms with E-state index in [9.17, 15) is 4.39 Å². The van der Waals surface area contributed by atoms with Gasteiger partial charge in [0.05, 0.1) is 0 Å². The summed E-state index contributed by atoms with van der Waals surface area (Å²) in [5.74, 6) is 0.538. The summed E-state index contributed by atoms with van der Waals surface area (Å²) in [5, 5.41) is 6.25. The number of hydrogen-bond donors (Lipinski definition) is 2. The Labute approximate surface area is 172 Å². The molecule has 2 aromatic rings. The molecule has 0 unspecified atom stereocenters. The van der Waals surface area contributed by atoms with Crippen molar-refractivity contribution in [2.75, 3.05) is 0 Å². The number of benzene rings is 2. The first-order chi connectivity index (χ1) is 13.7. The van der Waals surface area contributed by atoms with Crippen LogP contribution in [0, 0.1) is 5.82 Å². The van der Waals surface area contributed by atoms with Gasteiger partial charge in [0, 0.05) is 28.9 Å². The second-order valence-corrected chi connectivity index (χ2v) is 8.04. The van der Waals surface area contributed by atoms with Crippen LogP contribution in [0.25, 0.3) is 5.70 Å². The second kappa shape index (κ2) is 8.39. The smallest absolute Gasteiger partial charge is 0.123 e. The quantitative estimate of drug-likeness (QED) is 0.667. The molecule has 0 fully saturated rings. The molecule has 0 saturated heterocycles. The lowest BCUT2D eigenvalue weighted by Crippen LogP contribution is -2.22. The summed E-state index contributed by atoms with van der Waals surface area (Å²) in [6.45, 7) is 14.1. The first kappa shape index (κ1) is 20.5. The molecular formula is C25H27FN2O. The Bertz CT molecular complexity index is 979. The van der Waals surface area contributed by atoms with Gasteiger partial charge < -0.3 is 15.4 Å². The highest BCUT2D eigenvalue weighted by Crippen LogP contribution is 2.24. The number of rotatable bonds is 6. The zero-order valence-corrected chi connectivity index (χ0v) is 17.2. The Kier molecular flexibility index (Phi) is 5.92. The van der Waals surface area contributed by atoms with Gasteiger partial charge in [-0.15, -0.1) is 0 Å². The number of nitrogens with one attached hydrogen (secondary N) is 2. The molecule has 0 bridgehead atoms. The third-order valence-corrected chi connectivity index (χ3v) is 4.30. The maximum atomic E-state index is 14.0. The van der Waals surface area contributed by atoms with Gasteiger partial charge >= 0.3 is 0 Å². The van der Waals surface area contributed by atoms with Gasteiger partial charge in [0.25, 0.3) is 0 Å². The summed E-state index contributed by atoms with van der Waals surface area (Å²) in [6, 6.07) is 12.8. The van der Waals surface area contributed by atoms with Crippen LogP contribution in [-0.4, -0.2) is 5.60 Å². The average molecular weight is 391 g/mol. The first-order valence-electron chi connectivity index (χ1n) is 9.56. The molecule has 29 heavy (non-hydrogen) atoms. The van der Waals surface area contributed by atoms with E-state index in [1.807, 2.05) is 63.3 Å². The minimum atomic E-state index is -0.292. The molecule has 0 amide bonds. The van der Waals surface area contributed by atoms with Crippen molar-refractivity contribution in [3.8, 4) is 5.75 Å². The Hall–Kier alpha value is -3.27. The van der Waals surface area contributed by atoms with E-state index >= 15 is 0 Å². The van der Waals surface area contributed by atoms with Crippen molar-refractivity contribution in [3.05, 3.63) is 108 Å². The molecule has 2 aromatic carbocycles. The van der Waals surface area contributed by atoms with Gasteiger partial charge in [-0.1, -0.05) is 31.4 Å². The molecule has 2 N–H and O–H groups in total. The van der Waals surface area contributed by atoms with Crippen LogP contribution in [0.2, 0.25) is 0 Å². The van der Waals surface area contributed by atoms with Crippen molar-refractivity contribution in [1.82, 2.24) is 10.6 Å². The van der Waals surface area contributed by atoms with E-state index in [2.05, 4.69) is 23.8 Å². The number of dihydropyridines is 1. The van der Waals surface area contributed by atoms with Crippen LogP contribution in [0.1, 0.15) is 37.5 Å². The van der Waals surface area contributed by atoms with E-state index in [0.717, 1.165) is 33.8 Å². The van der Waals surface area contributed by atoms with E-state index < -0.39 is 0 Å². The Morgan fingerprint density at radius 1 is 1.14 bits per heavy atom. The zero-order chi connectivity index (χ0) is 21.0. The molecule has 0 radical (unpaired) electrons. The van der Waals surface area contributed by atoms with Crippen molar-refractivity contribution in [2.24, 2.45) is 0 Å². The number of halogens is 1. The van der Waals surface area contributed by atoms with Crippen LogP contribution in [0.4, 0.5) is 4.39 Å². The topological polar surface area (TPSA) is 33.3 Å². The minimum Gasteiger partial charge on any atom is -0.488 e. The van der Waals surface area contributed by atoms with E-state index in [-0.39, 0.29) is 11.4 Å². The summed E-state index contributed by atoms with van der Waals surface area (Å²) >= 11 is 0. The van der Waals surface area contributed by atoms with Gasteiger partial charge in [-0.2, -0.15) is 0 Å². The van der Waals surface area contributed by atoms with Crippen LogP contribution in [0.3, 0.4) is 0 Å². The predicted molar refractivity (Wildman–Crippen MR) is 118 cm³/mol. The molecule has 1 aliphatic rings. The highest BCUT2D eigenvalue weighted by molar-refractivity contribution is 5.67. The molecule has 0 saturated carbocycles. The maximum Gasteiger partial charge on any atom is 0.123 e. The fourth-order valence-electron chi connectivity index (χ4n) is 3.07. The van der Waals surface area contributed by atoms with Crippen LogP contribution in [0.5, 0.6) is 5.75 Å². The molecule has 0 atom stereocenters. The van der Waals surface area contributed by atoms with Gasteiger partial charge in [-0.3, -0.25) is 0 Å². The minimum absolute atomic E-state index is 0.238. The molecule has 0 aromatic heterocycles. The van der Waals surface area contributed by atoms with Gasteiger partial charge in [-0.05, 0) is 74.7 Å². The number of allylic oxidation sites excluding steroid dienone is 2. The van der Waals surface area contributed by atoms with E-state index in [1.54, 1.807) is 6.20 Å². The SMILES string of the molecule is C=C1C=C(NC(=C)c2cc(F)ccc2Cc2ccc(OC(C)(C)C)cc2)C=CN1. The summed E-state index contributed by atoms with van der Waals surface area (Å²) in [4.78, 5) is 0. The van der Waals surface area contributed by atoms with Crippen molar-refractivity contribution in [1.29, 1.82) is 0 Å². The van der Waals surface area contributed by atoms with Crippen LogP contribution in [-0.2, 0) is 6.42 Å². The third-order valence-electron chi connectivity index (χ3n) is 4.30. The molecule has 1 heterocycles. The molecule has 3 nitrogen and oxygen atoms in total. The summed E-state index contributed by atoms with van der Waals surface area (Å²) < 4.78 is 19.8. The van der Waals surface area contributed by atoms with Gasteiger partial charge in [0.2, 0.25) is 0 Å². The van der Waals surface area contributed by atoms with Crippen LogP contribution in [0.15, 0.2) is 85.4 Å². The summed E-state index contributed by atoms with van der Waals surface area (Å²) in [7, 11) is 0. The molecule has 4 heteroatoms. The summed E-state index contributed by atoms with van der Waals surface area (Å²) in [6.07, 6.45) is 6.21. The maximum absolute atomic E-state index is 14.0. The lowest BCUT2D eigenvalue weighted by molar-refractivity contribution is 0.131. The Morgan fingerprint density at radius 3 is 2.52 bits per heavy atom. The van der Waals surface area contributed by atoms with E-state index in [1.165, 1.54) is 12.1 Å². The van der Waals surface area contributed by atoms with E-state index in [4.69, 9.17) is 4.74 Å². The van der Waals surface area contributed by atoms with Crippen LogP contribution < -0.4 is 15.4 Å². The Balaban J connectivity index is 1.79. The normalized spacial score (nSPS) is 13.5. The van der Waals surface area contributed by atoms with Crippen molar-refractivity contribution in [3.63, 3.8) is 0 Å². The molecular weight excluding hydrogens is 363 g/mol. The molecule has 150 valence electrons. The lowest BCUT2D eigenvalue weighted by atomic mass is 9.97. The number of hydrogen-bond acceptors (Lipinski definition) is 3.